The van der Waals surface area contributed by atoms with Gasteiger partial charge in [-0.05, 0) is 18.2 Å². The molecule has 0 saturated heterocycles. The third kappa shape index (κ3) is 1.97. The van der Waals surface area contributed by atoms with Gasteiger partial charge in [-0.25, -0.2) is 4.98 Å². The summed E-state index contributed by atoms with van der Waals surface area (Å²) < 4.78 is 1.04. The maximum atomic E-state index is 5.85. The number of halogens is 1. The number of thiazole rings is 1. The molecule has 3 aromatic rings. The fourth-order valence-corrected chi connectivity index (χ4v) is 2.50. The van der Waals surface area contributed by atoms with Gasteiger partial charge in [-0.2, -0.15) is 0 Å². The largest absolute Gasteiger partial charge is 0.375 e. The molecule has 0 amide bonds. The molecular formula is C12H8ClN3S. The maximum Gasteiger partial charge on any atom is 0.181 e. The smallest absolute Gasteiger partial charge is 0.181 e. The average molecular weight is 262 g/mol. The van der Waals surface area contributed by atoms with Crippen LogP contribution < -0.4 is 5.73 Å². The predicted octanol–water partition coefficient (Wildman–Crippen LogP) is 3.59. The molecule has 0 aliphatic carbocycles. The zero-order valence-electron chi connectivity index (χ0n) is 8.72. The van der Waals surface area contributed by atoms with Gasteiger partial charge in [-0.3, -0.25) is 4.98 Å². The van der Waals surface area contributed by atoms with Crippen molar-refractivity contribution in [3.8, 4) is 11.3 Å². The van der Waals surface area contributed by atoms with Crippen LogP contribution in [0.25, 0.3) is 21.5 Å². The summed E-state index contributed by atoms with van der Waals surface area (Å²) in [6, 6.07) is 9.59. The average Bonchev–Trinajstić information content (AvgIpc) is 2.69. The normalized spacial score (nSPS) is 10.9. The van der Waals surface area contributed by atoms with Gasteiger partial charge in [-0.1, -0.05) is 35.1 Å². The molecule has 0 saturated carbocycles. The highest BCUT2D eigenvalue weighted by Gasteiger charge is 2.05. The Hall–Kier alpha value is -1.65. The molecule has 5 heteroatoms. The summed E-state index contributed by atoms with van der Waals surface area (Å²) in [5.41, 5.74) is 8.43. The van der Waals surface area contributed by atoms with Gasteiger partial charge in [-0.15, -0.1) is 0 Å². The molecule has 2 N–H and O–H groups in total. The number of pyridine rings is 1. The van der Waals surface area contributed by atoms with Crippen molar-refractivity contribution in [3.05, 3.63) is 41.6 Å². The second-order valence-electron chi connectivity index (χ2n) is 3.60. The van der Waals surface area contributed by atoms with E-state index in [0.29, 0.717) is 5.13 Å². The number of hydrogen-bond donors (Lipinski definition) is 1. The standard InChI is InChI=1S/C12H8ClN3S/c13-8-3-1-7(2-4-8)9-5-11-10(6-15-9)16-12(14)17-11/h1-6H,(H2,14,16). The molecule has 0 aliphatic rings. The number of anilines is 1. The molecule has 0 radical (unpaired) electrons. The molecule has 0 atom stereocenters. The fraction of sp³-hybridized carbons (Fsp3) is 0. The summed E-state index contributed by atoms with van der Waals surface area (Å²) in [4.78, 5) is 8.54. The minimum Gasteiger partial charge on any atom is -0.375 e. The summed E-state index contributed by atoms with van der Waals surface area (Å²) in [5, 5.41) is 1.28. The van der Waals surface area contributed by atoms with Crippen LogP contribution in [0.3, 0.4) is 0 Å². The maximum absolute atomic E-state index is 5.85. The van der Waals surface area contributed by atoms with E-state index in [-0.39, 0.29) is 0 Å². The molecule has 17 heavy (non-hydrogen) atoms. The molecule has 0 aliphatic heterocycles. The van der Waals surface area contributed by atoms with Crippen molar-refractivity contribution in [1.82, 2.24) is 9.97 Å². The predicted molar refractivity (Wildman–Crippen MR) is 72.3 cm³/mol. The van der Waals surface area contributed by atoms with Gasteiger partial charge >= 0.3 is 0 Å². The van der Waals surface area contributed by atoms with Crippen molar-refractivity contribution in [2.24, 2.45) is 0 Å². The van der Waals surface area contributed by atoms with Gasteiger partial charge < -0.3 is 5.73 Å². The van der Waals surface area contributed by atoms with E-state index >= 15 is 0 Å². The Bertz CT molecular complexity index is 676. The van der Waals surface area contributed by atoms with E-state index in [2.05, 4.69) is 9.97 Å². The van der Waals surface area contributed by atoms with E-state index in [1.165, 1.54) is 11.3 Å². The number of nitrogen functional groups attached to an aromatic ring is 1. The van der Waals surface area contributed by atoms with Gasteiger partial charge in [0, 0.05) is 10.6 Å². The Morgan fingerprint density at radius 2 is 1.94 bits per heavy atom. The summed E-state index contributed by atoms with van der Waals surface area (Å²) in [5.74, 6) is 0. The van der Waals surface area contributed by atoms with Crippen molar-refractivity contribution >= 4 is 38.3 Å². The van der Waals surface area contributed by atoms with Crippen LogP contribution >= 0.6 is 22.9 Å². The monoisotopic (exact) mass is 261 g/mol. The number of rotatable bonds is 1. The van der Waals surface area contributed by atoms with E-state index in [1.54, 1.807) is 6.20 Å². The van der Waals surface area contributed by atoms with Crippen LogP contribution in [0.5, 0.6) is 0 Å². The molecule has 84 valence electrons. The van der Waals surface area contributed by atoms with Crippen molar-refractivity contribution in [3.63, 3.8) is 0 Å². The topological polar surface area (TPSA) is 51.8 Å². The van der Waals surface area contributed by atoms with Crippen molar-refractivity contribution in [1.29, 1.82) is 0 Å². The van der Waals surface area contributed by atoms with E-state index in [1.807, 2.05) is 30.3 Å². The summed E-state index contributed by atoms with van der Waals surface area (Å²) >= 11 is 7.32. The molecule has 3 rings (SSSR count). The van der Waals surface area contributed by atoms with Crippen LogP contribution in [0.2, 0.25) is 5.02 Å². The van der Waals surface area contributed by atoms with E-state index < -0.39 is 0 Å². The molecule has 2 heterocycles. The van der Waals surface area contributed by atoms with Crippen LogP contribution in [0, 0.1) is 0 Å². The number of fused-ring (bicyclic) bond motifs is 1. The van der Waals surface area contributed by atoms with Gasteiger partial charge in [0.1, 0.15) is 5.52 Å². The van der Waals surface area contributed by atoms with Crippen LogP contribution in [-0.2, 0) is 0 Å². The Morgan fingerprint density at radius 3 is 2.71 bits per heavy atom. The Kier molecular flexibility index (Phi) is 2.46. The lowest BCUT2D eigenvalue weighted by Gasteiger charge is -2.00. The van der Waals surface area contributed by atoms with Crippen molar-refractivity contribution < 1.29 is 0 Å². The van der Waals surface area contributed by atoms with Crippen LogP contribution in [-0.4, -0.2) is 9.97 Å². The lowest BCUT2D eigenvalue weighted by atomic mass is 10.1. The second-order valence-corrected chi connectivity index (χ2v) is 5.09. The lowest BCUT2D eigenvalue weighted by Crippen LogP contribution is -1.83. The summed E-state index contributed by atoms with van der Waals surface area (Å²) in [6.07, 6.45) is 1.74. The van der Waals surface area contributed by atoms with Gasteiger partial charge in [0.2, 0.25) is 0 Å². The number of nitrogens with two attached hydrogens (primary N) is 1. The minimum atomic E-state index is 0.565. The number of nitrogens with zero attached hydrogens (tertiary/aromatic N) is 2. The van der Waals surface area contributed by atoms with Crippen molar-refractivity contribution in [2.45, 2.75) is 0 Å². The molecule has 0 fully saturated rings. The van der Waals surface area contributed by atoms with Crippen LogP contribution in [0.15, 0.2) is 36.5 Å². The first kappa shape index (κ1) is 10.5. The van der Waals surface area contributed by atoms with Crippen LogP contribution in [0.4, 0.5) is 5.13 Å². The number of benzene rings is 1. The van der Waals surface area contributed by atoms with Gasteiger partial charge in [0.25, 0.3) is 0 Å². The highest BCUT2D eigenvalue weighted by atomic mass is 35.5. The summed E-state index contributed by atoms with van der Waals surface area (Å²) in [7, 11) is 0. The molecule has 0 spiro atoms. The van der Waals surface area contributed by atoms with Gasteiger partial charge in [0.15, 0.2) is 5.13 Å². The van der Waals surface area contributed by atoms with E-state index in [4.69, 9.17) is 17.3 Å². The quantitative estimate of drug-likeness (QED) is 0.728. The molecule has 3 nitrogen and oxygen atoms in total. The minimum absolute atomic E-state index is 0.565. The van der Waals surface area contributed by atoms with Gasteiger partial charge in [0.05, 0.1) is 16.6 Å². The first-order valence-electron chi connectivity index (χ1n) is 5.00. The Balaban J connectivity index is 2.13. The molecular weight excluding hydrogens is 254 g/mol. The Morgan fingerprint density at radius 1 is 1.18 bits per heavy atom. The number of aromatic nitrogens is 2. The molecule has 0 bridgehead atoms. The lowest BCUT2D eigenvalue weighted by molar-refractivity contribution is 1.34. The highest BCUT2D eigenvalue weighted by molar-refractivity contribution is 7.22. The molecule has 2 aromatic heterocycles. The molecule has 0 unspecified atom stereocenters. The van der Waals surface area contributed by atoms with E-state index in [9.17, 15) is 0 Å². The third-order valence-corrected chi connectivity index (χ3v) is 3.53. The fourth-order valence-electron chi connectivity index (χ4n) is 1.63. The molecule has 1 aromatic carbocycles. The second kappa shape index (κ2) is 3.98. The third-order valence-electron chi connectivity index (χ3n) is 2.43. The first-order chi connectivity index (χ1) is 8.22. The Labute approximate surface area is 107 Å². The SMILES string of the molecule is Nc1nc2cnc(-c3ccc(Cl)cc3)cc2s1. The zero-order chi connectivity index (χ0) is 11.8. The first-order valence-corrected chi connectivity index (χ1v) is 6.20. The number of hydrogen-bond acceptors (Lipinski definition) is 4. The zero-order valence-corrected chi connectivity index (χ0v) is 10.3. The van der Waals surface area contributed by atoms with Crippen LogP contribution in [0.1, 0.15) is 0 Å². The summed E-state index contributed by atoms with van der Waals surface area (Å²) in [6.45, 7) is 0. The van der Waals surface area contributed by atoms with E-state index in [0.717, 1.165) is 26.5 Å². The highest BCUT2D eigenvalue weighted by Crippen LogP contribution is 2.27. The van der Waals surface area contributed by atoms with Crippen molar-refractivity contribution in [2.75, 3.05) is 5.73 Å².